The number of halogens is 2. The molecule has 0 bridgehead atoms. The van der Waals surface area contributed by atoms with Crippen molar-refractivity contribution in [2.24, 2.45) is 0 Å². The number of rotatable bonds is 7. The molecule has 0 aliphatic rings. The van der Waals surface area contributed by atoms with Gasteiger partial charge in [0.15, 0.2) is 0 Å². The van der Waals surface area contributed by atoms with Crippen LogP contribution in [0.3, 0.4) is 0 Å². The summed E-state index contributed by atoms with van der Waals surface area (Å²) in [5, 5.41) is 16.6. The van der Waals surface area contributed by atoms with E-state index in [0.29, 0.717) is 23.8 Å². The summed E-state index contributed by atoms with van der Waals surface area (Å²) in [5.74, 6) is -1.62. The fourth-order valence-electron chi connectivity index (χ4n) is 2.48. The van der Waals surface area contributed by atoms with Gasteiger partial charge in [0, 0.05) is 21.9 Å². The quantitative estimate of drug-likeness (QED) is 0.560. The summed E-state index contributed by atoms with van der Waals surface area (Å²) in [7, 11) is 0. The number of benzene rings is 2. The predicted octanol–water partition coefficient (Wildman–Crippen LogP) is 1.30. The van der Waals surface area contributed by atoms with Gasteiger partial charge in [-0.25, -0.2) is 0 Å². The number of aromatic carboxylic acids is 1. The molecule has 0 unspecified atom stereocenters. The zero-order valence-corrected chi connectivity index (χ0v) is 17.7. The normalized spacial score (nSPS) is 10.1. The van der Waals surface area contributed by atoms with Gasteiger partial charge in [-0.05, 0) is 47.8 Å². The molecule has 0 saturated carbocycles. The van der Waals surface area contributed by atoms with Crippen LogP contribution in [-0.4, -0.2) is 18.5 Å². The molecule has 1 N–H and O–H groups in total. The van der Waals surface area contributed by atoms with Crippen molar-refractivity contribution in [3.05, 3.63) is 80.0 Å². The second-order valence-corrected chi connectivity index (χ2v) is 7.63. The Morgan fingerprint density at radius 1 is 1.07 bits per heavy atom. The third-order valence-corrected chi connectivity index (χ3v) is 5.32. The molecule has 3 aromatic rings. The number of thiophene rings is 1. The minimum atomic E-state index is -1.43. The van der Waals surface area contributed by atoms with Crippen LogP contribution in [-0.2, 0) is 6.42 Å². The van der Waals surface area contributed by atoms with E-state index in [1.165, 1.54) is 35.2 Å². The Morgan fingerprint density at radius 2 is 1.86 bits per heavy atom. The minimum absolute atomic E-state index is 0. The predicted molar refractivity (Wildman–Crippen MR) is 109 cm³/mol. The first kappa shape index (κ1) is 23.3. The first-order chi connectivity index (χ1) is 13.4. The van der Waals surface area contributed by atoms with Crippen LogP contribution < -0.4 is 34.0 Å². The number of carboxylic acid groups (broad SMARTS) is 1. The number of hydrogen-bond donors (Lipinski definition) is 1. The average Bonchev–Trinajstić information content (AvgIpc) is 3.16. The SMILES string of the molecule is O=C(Nc1ccc(OCCc2cccs2)cc1C(=O)[O-])c1ccc(Cl)cc1Cl.[Li+]. The maximum absolute atomic E-state index is 12.4. The molecule has 0 saturated heterocycles. The molecule has 1 amide bonds. The molecule has 3 rings (SSSR count). The topological polar surface area (TPSA) is 78.5 Å². The van der Waals surface area contributed by atoms with Crippen molar-refractivity contribution in [1.82, 2.24) is 0 Å². The molecule has 5 nitrogen and oxygen atoms in total. The molecule has 144 valence electrons. The van der Waals surface area contributed by atoms with Crippen LogP contribution in [0.1, 0.15) is 25.6 Å². The summed E-state index contributed by atoms with van der Waals surface area (Å²) >= 11 is 13.5. The summed E-state index contributed by atoms with van der Waals surface area (Å²) in [6.45, 7) is 0.402. The van der Waals surface area contributed by atoms with E-state index in [9.17, 15) is 14.7 Å². The third-order valence-electron chi connectivity index (χ3n) is 3.83. The Bertz CT molecular complexity index is 1010. The molecule has 2 aromatic carbocycles. The molecule has 1 heterocycles. The monoisotopic (exact) mass is 441 g/mol. The number of carboxylic acids is 1. The molecule has 0 aliphatic carbocycles. The van der Waals surface area contributed by atoms with Gasteiger partial charge in [0.25, 0.3) is 5.91 Å². The van der Waals surface area contributed by atoms with E-state index >= 15 is 0 Å². The van der Waals surface area contributed by atoms with Gasteiger partial charge in [-0.3, -0.25) is 4.79 Å². The van der Waals surface area contributed by atoms with Crippen LogP contribution in [0.25, 0.3) is 0 Å². The van der Waals surface area contributed by atoms with E-state index in [-0.39, 0.29) is 40.7 Å². The number of hydrogen-bond acceptors (Lipinski definition) is 5. The minimum Gasteiger partial charge on any atom is -0.545 e. The average molecular weight is 442 g/mol. The molecule has 0 radical (unpaired) electrons. The van der Waals surface area contributed by atoms with Gasteiger partial charge in [-0.15, -0.1) is 11.3 Å². The van der Waals surface area contributed by atoms with Crippen molar-refractivity contribution in [3.8, 4) is 5.75 Å². The molecular formula is C20H14Cl2LiNO4S. The fraction of sp³-hybridized carbons (Fsp3) is 0.100. The van der Waals surface area contributed by atoms with Gasteiger partial charge in [0.2, 0.25) is 0 Å². The maximum atomic E-state index is 12.4. The Hall–Kier alpha value is -1.94. The summed E-state index contributed by atoms with van der Waals surface area (Å²) in [6, 6.07) is 12.7. The largest absolute Gasteiger partial charge is 1.00 e. The molecular weight excluding hydrogens is 428 g/mol. The van der Waals surface area contributed by atoms with Gasteiger partial charge < -0.3 is 20.0 Å². The van der Waals surface area contributed by atoms with E-state index in [1.807, 2.05) is 17.5 Å². The number of amides is 1. The van der Waals surface area contributed by atoms with Crippen LogP contribution in [0, 0.1) is 0 Å². The molecule has 29 heavy (non-hydrogen) atoms. The number of ether oxygens (including phenoxy) is 1. The van der Waals surface area contributed by atoms with Gasteiger partial charge in [0.1, 0.15) is 5.75 Å². The molecule has 0 aliphatic heterocycles. The first-order valence-corrected chi connectivity index (χ1v) is 9.84. The molecule has 0 spiro atoms. The van der Waals surface area contributed by atoms with E-state index < -0.39 is 11.9 Å². The number of anilines is 1. The summed E-state index contributed by atoms with van der Waals surface area (Å²) in [4.78, 5) is 25.1. The van der Waals surface area contributed by atoms with Crippen molar-refractivity contribution in [2.75, 3.05) is 11.9 Å². The van der Waals surface area contributed by atoms with Gasteiger partial charge in [-0.2, -0.15) is 0 Å². The molecule has 0 atom stereocenters. The Morgan fingerprint density at radius 3 is 2.52 bits per heavy atom. The van der Waals surface area contributed by atoms with E-state index in [0.717, 1.165) is 0 Å². The maximum Gasteiger partial charge on any atom is 1.00 e. The van der Waals surface area contributed by atoms with Crippen molar-refractivity contribution in [1.29, 1.82) is 0 Å². The smallest absolute Gasteiger partial charge is 0.545 e. The zero-order chi connectivity index (χ0) is 20.1. The Balaban J connectivity index is 0.00000300. The standard InChI is InChI=1S/C20H15Cl2NO4S.Li/c21-12-3-5-15(17(22)10-12)19(24)23-18-6-4-13(11-16(18)20(25)26)27-8-7-14-2-1-9-28-14;/h1-6,9-11H,7-8H2,(H,23,24)(H,25,26);/q;+1/p-1. The third kappa shape index (κ3) is 6.27. The zero-order valence-electron chi connectivity index (χ0n) is 15.4. The summed E-state index contributed by atoms with van der Waals surface area (Å²) in [6.07, 6.45) is 0.714. The van der Waals surface area contributed by atoms with Gasteiger partial charge in [0.05, 0.1) is 28.8 Å². The first-order valence-electron chi connectivity index (χ1n) is 8.21. The van der Waals surface area contributed by atoms with Crippen molar-refractivity contribution in [2.45, 2.75) is 6.42 Å². The van der Waals surface area contributed by atoms with Crippen LogP contribution >= 0.6 is 34.5 Å². The van der Waals surface area contributed by atoms with Crippen molar-refractivity contribution < 1.29 is 38.3 Å². The van der Waals surface area contributed by atoms with Gasteiger partial charge >= 0.3 is 18.9 Å². The fourth-order valence-corrected chi connectivity index (χ4v) is 3.66. The molecule has 9 heteroatoms. The molecule has 1 aromatic heterocycles. The van der Waals surface area contributed by atoms with E-state index in [4.69, 9.17) is 27.9 Å². The second kappa shape index (κ2) is 10.7. The summed E-state index contributed by atoms with van der Waals surface area (Å²) in [5.41, 5.74) is 0.0697. The van der Waals surface area contributed by atoms with Crippen LogP contribution in [0.15, 0.2) is 53.9 Å². The molecule has 0 fully saturated rings. The van der Waals surface area contributed by atoms with E-state index in [1.54, 1.807) is 17.4 Å². The Kier molecular flexibility index (Phi) is 8.63. The van der Waals surface area contributed by atoms with Crippen molar-refractivity contribution in [3.63, 3.8) is 0 Å². The van der Waals surface area contributed by atoms with Crippen molar-refractivity contribution >= 4 is 52.1 Å². The number of carbonyl (C=O) groups is 2. The van der Waals surface area contributed by atoms with E-state index in [2.05, 4.69) is 5.32 Å². The second-order valence-electron chi connectivity index (χ2n) is 5.75. The van der Waals surface area contributed by atoms with Crippen LogP contribution in [0.2, 0.25) is 10.0 Å². The van der Waals surface area contributed by atoms with Crippen LogP contribution in [0.4, 0.5) is 5.69 Å². The number of carbonyl (C=O) groups excluding carboxylic acids is 2. The summed E-state index contributed by atoms with van der Waals surface area (Å²) < 4.78 is 5.61. The van der Waals surface area contributed by atoms with Gasteiger partial charge in [-0.1, -0.05) is 29.3 Å². The Labute approximate surface area is 193 Å². The van der Waals surface area contributed by atoms with Crippen LogP contribution in [0.5, 0.6) is 5.75 Å². The number of nitrogens with one attached hydrogen (secondary N) is 1.